The van der Waals surface area contributed by atoms with E-state index in [1.807, 2.05) is 6.26 Å². The van der Waals surface area contributed by atoms with Gasteiger partial charge in [-0.15, -0.1) is 0 Å². The molecule has 0 aliphatic carbocycles. The number of aromatic nitrogens is 2. The van der Waals surface area contributed by atoms with Crippen LogP contribution < -0.4 is 4.90 Å². The van der Waals surface area contributed by atoms with Gasteiger partial charge in [-0.1, -0.05) is 18.7 Å². The van der Waals surface area contributed by atoms with Gasteiger partial charge in [0.2, 0.25) is 0 Å². The third-order valence-corrected chi connectivity index (χ3v) is 4.03. The van der Waals surface area contributed by atoms with Crippen LogP contribution in [0.3, 0.4) is 0 Å². The van der Waals surface area contributed by atoms with Gasteiger partial charge in [0, 0.05) is 24.3 Å². The maximum atomic E-state index is 4.69. The Morgan fingerprint density at radius 2 is 2.06 bits per heavy atom. The Hall–Kier alpha value is -0.770. The minimum absolute atomic E-state index is 0.774. The highest BCUT2D eigenvalue weighted by Crippen LogP contribution is 2.27. The Labute approximate surface area is 108 Å². The summed E-state index contributed by atoms with van der Waals surface area (Å²) in [5.74, 6) is 1.92. The first kappa shape index (κ1) is 12.7. The van der Waals surface area contributed by atoms with Crippen LogP contribution in [0.4, 0.5) is 5.82 Å². The van der Waals surface area contributed by atoms with Crippen molar-refractivity contribution in [3.05, 3.63) is 11.3 Å². The molecule has 1 aliphatic rings. The molecule has 1 fully saturated rings. The molecule has 1 aromatic heterocycles. The highest BCUT2D eigenvalue weighted by atomic mass is 32.2. The third-order valence-electron chi connectivity index (χ3n) is 3.48. The van der Waals surface area contributed by atoms with E-state index in [-0.39, 0.29) is 0 Å². The summed E-state index contributed by atoms with van der Waals surface area (Å²) < 4.78 is 0. The van der Waals surface area contributed by atoms with Crippen molar-refractivity contribution in [2.24, 2.45) is 5.92 Å². The molecular formula is C13H21N3S. The van der Waals surface area contributed by atoms with Crippen LogP contribution in [0.25, 0.3) is 0 Å². The maximum Gasteiger partial charge on any atom is 0.189 e. The Balaban J connectivity index is 2.33. The van der Waals surface area contributed by atoms with Crippen LogP contribution in [0.1, 0.15) is 31.0 Å². The molecule has 94 valence electrons. The molecule has 1 saturated heterocycles. The molecule has 4 heteroatoms. The molecule has 1 unspecified atom stereocenters. The van der Waals surface area contributed by atoms with Crippen molar-refractivity contribution in [3.8, 4) is 0 Å². The van der Waals surface area contributed by atoms with Crippen LogP contribution in [0.2, 0.25) is 0 Å². The van der Waals surface area contributed by atoms with E-state index in [0.717, 1.165) is 35.7 Å². The SMILES string of the molecule is CSc1nc(C)c(C)c(N2CCCC(C)C2)n1. The van der Waals surface area contributed by atoms with Crippen molar-refractivity contribution in [2.75, 3.05) is 24.2 Å². The van der Waals surface area contributed by atoms with Crippen LogP contribution in [-0.2, 0) is 0 Å². The Morgan fingerprint density at radius 3 is 2.71 bits per heavy atom. The number of hydrogen-bond acceptors (Lipinski definition) is 4. The molecule has 0 bridgehead atoms. The molecule has 0 N–H and O–H groups in total. The lowest BCUT2D eigenvalue weighted by Gasteiger charge is -2.33. The Kier molecular flexibility index (Phi) is 3.92. The summed E-state index contributed by atoms with van der Waals surface area (Å²) in [4.78, 5) is 11.6. The molecule has 0 radical (unpaired) electrons. The lowest BCUT2D eigenvalue weighted by atomic mass is 10.00. The number of piperidine rings is 1. The summed E-state index contributed by atoms with van der Waals surface area (Å²) in [6.07, 6.45) is 4.65. The van der Waals surface area contributed by atoms with Crippen LogP contribution in [-0.4, -0.2) is 29.3 Å². The zero-order valence-electron chi connectivity index (χ0n) is 11.2. The van der Waals surface area contributed by atoms with Crippen molar-refractivity contribution >= 4 is 17.6 Å². The van der Waals surface area contributed by atoms with E-state index >= 15 is 0 Å². The van der Waals surface area contributed by atoms with Crippen molar-refractivity contribution in [2.45, 2.75) is 38.8 Å². The van der Waals surface area contributed by atoms with E-state index in [0.29, 0.717) is 0 Å². The first-order valence-electron chi connectivity index (χ1n) is 6.26. The standard InChI is InChI=1S/C13H21N3S/c1-9-6-5-7-16(8-9)12-10(2)11(3)14-13(15-12)17-4/h9H,5-8H2,1-4H3. The van der Waals surface area contributed by atoms with E-state index in [1.165, 1.54) is 18.4 Å². The molecule has 0 amide bonds. The molecule has 1 aliphatic heterocycles. The van der Waals surface area contributed by atoms with Crippen molar-refractivity contribution in [1.29, 1.82) is 0 Å². The van der Waals surface area contributed by atoms with Crippen molar-refractivity contribution < 1.29 is 0 Å². The summed E-state index contributed by atoms with van der Waals surface area (Å²) in [5, 5.41) is 0.890. The van der Waals surface area contributed by atoms with Gasteiger partial charge < -0.3 is 4.90 Å². The average molecular weight is 251 g/mol. The molecule has 2 heterocycles. The smallest absolute Gasteiger partial charge is 0.189 e. The molecule has 1 atom stereocenters. The minimum atomic E-state index is 0.774. The molecule has 3 nitrogen and oxygen atoms in total. The molecule has 2 rings (SSSR count). The largest absolute Gasteiger partial charge is 0.356 e. The second kappa shape index (κ2) is 5.25. The third kappa shape index (κ3) is 2.73. The number of rotatable bonds is 2. The molecule has 0 spiro atoms. The lowest BCUT2D eigenvalue weighted by Crippen LogP contribution is -2.35. The zero-order valence-corrected chi connectivity index (χ0v) is 12.0. The number of nitrogens with zero attached hydrogens (tertiary/aromatic N) is 3. The number of thioether (sulfide) groups is 1. The first-order chi connectivity index (χ1) is 8.11. The van der Waals surface area contributed by atoms with Crippen LogP contribution in [0.15, 0.2) is 5.16 Å². The highest BCUT2D eigenvalue weighted by Gasteiger charge is 2.20. The minimum Gasteiger partial charge on any atom is -0.356 e. The van der Waals surface area contributed by atoms with Gasteiger partial charge in [0.15, 0.2) is 5.16 Å². The van der Waals surface area contributed by atoms with Crippen molar-refractivity contribution in [3.63, 3.8) is 0 Å². The fraction of sp³-hybridized carbons (Fsp3) is 0.692. The Bertz CT molecular complexity index is 406. The van der Waals surface area contributed by atoms with E-state index < -0.39 is 0 Å². The monoisotopic (exact) mass is 251 g/mol. The van der Waals surface area contributed by atoms with E-state index in [2.05, 4.69) is 35.6 Å². The average Bonchev–Trinajstić information content (AvgIpc) is 2.32. The molecular weight excluding hydrogens is 230 g/mol. The van der Waals surface area contributed by atoms with E-state index in [9.17, 15) is 0 Å². The second-order valence-electron chi connectivity index (χ2n) is 4.94. The summed E-state index contributed by atoms with van der Waals surface area (Å²) in [6.45, 7) is 8.80. The van der Waals surface area contributed by atoms with Crippen LogP contribution >= 0.6 is 11.8 Å². The van der Waals surface area contributed by atoms with E-state index in [4.69, 9.17) is 0 Å². The van der Waals surface area contributed by atoms with Crippen LogP contribution in [0.5, 0.6) is 0 Å². The van der Waals surface area contributed by atoms with Gasteiger partial charge >= 0.3 is 0 Å². The number of anilines is 1. The highest BCUT2D eigenvalue weighted by molar-refractivity contribution is 7.98. The predicted molar refractivity (Wildman–Crippen MR) is 73.9 cm³/mol. The summed E-state index contributed by atoms with van der Waals surface area (Å²) in [6, 6.07) is 0. The van der Waals surface area contributed by atoms with Gasteiger partial charge in [0.25, 0.3) is 0 Å². The lowest BCUT2D eigenvalue weighted by molar-refractivity contribution is 0.443. The predicted octanol–water partition coefficient (Wildman–Crippen LogP) is 3.05. The van der Waals surface area contributed by atoms with Gasteiger partial charge in [-0.25, -0.2) is 9.97 Å². The zero-order chi connectivity index (χ0) is 12.4. The van der Waals surface area contributed by atoms with Gasteiger partial charge in [0.05, 0.1) is 0 Å². The van der Waals surface area contributed by atoms with Gasteiger partial charge in [-0.3, -0.25) is 0 Å². The molecule has 1 aromatic rings. The number of aryl methyl sites for hydroxylation is 1. The summed E-state index contributed by atoms with van der Waals surface area (Å²) in [7, 11) is 0. The van der Waals surface area contributed by atoms with Gasteiger partial charge in [-0.2, -0.15) is 0 Å². The fourth-order valence-corrected chi connectivity index (χ4v) is 2.78. The summed E-state index contributed by atoms with van der Waals surface area (Å²) in [5.41, 5.74) is 2.34. The summed E-state index contributed by atoms with van der Waals surface area (Å²) >= 11 is 1.62. The molecule has 0 saturated carbocycles. The van der Waals surface area contributed by atoms with Gasteiger partial charge in [-0.05, 0) is 38.9 Å². The quantitative estimate of drug-likeness (QED) is 0.597. The normalized spacial score (nSPS) is 20.7. The Morgan fingerprint density at radius 1 is 1.29 bits per heavy atom. The first-order valence-corrected chi connectivity index (χ1v) is 7.48. The molecule has 0 aromatic carbocycles. The molecule has 17 heavy (non-hydrogen) atoms. The second-order valence-corrected chi connectivity index (χ2v) is 5.71. The van der Waals surface area contributed by atoms with Crippen LogP contribution in [0, 0.1) is 19.8 Å². The fourth-order valence-electron chi connectivity index (χ4n) is 2.37. The number of hydrogen-bond donors (Lipinski definition) is 0. The topological polar surface area (TPSA) is 29.0 Å². The van der Waals surface area contributed by atoms with Crippen molar-refractivity contribution in [1.82, 2.24) is 9.97 Å². The van der Waals surface area contributed by atoms with E-state index in [1.54, 1.807) is 11.8 Å². The maximum absolute atomic E-state index is 4.69. The van der Waals surface area contributed by atoms with Gasteiger partial charge in [0.1, 0.15) is 5.82 Å².